The summed E-state index contributed by atoms with van der Waals surface area (Å²) in [5.41, 5.74) is 4.32. The minimum absolute atomic E-state index is 0.194. The normalized spacial score (nSPS) is 19.9. The summed E-state index contributed by atoms with van der Waals surface area (Å²) >= 11 is 1.61. The molecule has 0 unspecified atom stereocenters. The van der Waals surface area contributed by atoms with Gasteiger partial charge in [-0.1, -0.05) is 24.3 Å². The van der Waals surface area contributed by atoms with Crippen molar-refractivity contribution in [1.82, 2.24) is 15.2 Å². The van der Waals surface area contributed by atoms with Gasteiger partial charge in [0.25, 0.3) is 0 Å². The highest BCUT2D eigenvalue weighted by molar-refractivity contribution is 7.13. The van der Waals surface area contributed by atoms with E-state index in [9.17, 15) is 9.59 Å². The highest BCUT2D eigenvalue weighted by atomic mass is 32.1. The molecule has 1 N–H and O–H groups in total. The molecule has 0 spiro atoms. The first-order chi connectivity index (χ1) is 14.6. The summed E-state index contributed by atoms with van der Waals surface area (Å²) in [6.07, 6.45) is -0.248. The standard InChI is InChI=1S/C23H31N3O4S/c1-14(16-7-9-17(10-8-16)20-15(2)24-13-31-20)25-21(27)19-11-18(29-6)12-26(19)22(28)30-23(3,4)5/h7-10,13-14,18-19H,11-12H2,1-6H3,(H,25,27)/t14-,18+,19-/m0/s1. The Labute approximate surface area is 187 Å². The molecule has 0 bridgehead atoms. The first kappa shape index (κ1) is 23.2. The average Bonchev–Trinajstić information content (AvgIpc) is 3.33. The topological polar surface area (TPSA) is 80.8 Å². The summed E-state index contributed by atoms with van der Waals surface area (Å²) in [5, 5.41) is 3.04. The fraction of sp³-hybridized carbons (Fsp3) is 0.522. The molecule has 2 amide bonds. The number of amides is 2. The van der Waals surface area contributed by atoms with Gasteiger partial charge in [0.1, 0.15) is 11.6 Å². The number of carbonyl (C=O) groups excluding carboxylic acids is 2. The molecular formula is C23H31N3O4S. The van der Waals surface area contributed by atoms with Crippen molar-refractivity contribution in [3.8, 4) is 10.4 Å². The number of ether oxygens (including phenoxy) is 2. The lowest BCUT2D eigenvalue weighted by molar-refractivity contribution is -0.126. The van der Waals surface area contributed by atoms with Gasteiger partial charge in [-0.25, -0.2) is 9.78 Å². The first-order valence-electron chi connectivity index (χ1n) is 10.4. The van der Waals surface area contributed by atoms with E-state index in [2.05, 4.69) is 10.3 Å². The number of rotatable bonds is 5. The van der Waals surface area contributed by atoms with Crippen molar-refractivity contribution < 1.29 is 19.1 Å². The van der Waals surface area contributed by atoms with Crippen LogP contribution in [0.1, 0.15) is 51.4 Å². The second-order valence-corrected chi connectivity index (χ2v) is 9.72. The summed E-state index contributed by atoms with van der Waals surface area (Å²) in [6.45, 7) is 9.69. The van der Waals surface area contributed by atoms with E-state index in [0.717, 1.165) is 21.7 Å². The molecule has 1 aliphatic heterocycles. The smallest absolute Gasteiger partial charge is 0.411 e. The van der Waals surface area contributed by atoms with Crippen LogP contribution in [-0.2, 0) is 14.3 Å². The highest BCUT2D eigenvalue weighted by Gasteiger charge is 2.42. The van der Waals surface area contributed by atoms with Crippen molar-refractivity contribution in [1.29, 1.82) is 0 Å². The summed E-state index contributed by atoms with van der Waals surface area (Å²) in [4.78, 5) is 32.6. The number of aryl methyl sites for hydroxylation is 1. The van der Waals surface area contributed by atoms with Gasteiger partial charge >= 0.3 is 6.09 Å². The van der Waals surface area contributed by atoms with Gasteiger partial charge in [0, 0.05) is 13.5 Å². The fourth-order valence-corrected chi connectivity index (χ4v) is 4.45. The van der Waals surface area contributed by atoms with Crippen LogP contribution in [0.15, 0.2) is 29.8 Å². The third-order valence-electron chi connectivity index (χ3n) is 5.30. The van der Waals surface area contributed by atoms with E-state index in [0.29, 0.717) is 13.0 Å². The van der Waals surface area contributed by atoms with Crippen LogP contribution in [0.25, 0.3) is 10.4 Å². The molecule has 3 rings (SSSR count). The maximum atomic E-state index is 13.0. The minimum Gasteiger partial charge on any atom is -0.444 e. The van der Waals surface area contributed by atoms with Crippen LogP contribution in [0, 0.1) is 6.92 Å². The SMILES string of the molecule is CO[C@@H]1C[C@@H](C(=O)N[C@@H](C)c2ccc(-c3scnc3C)cc2)N(C(=O)OC(C)(C)C)C1. The quantitative estimate of drug-likeness (QED) is 0.741. The van der Waals surface area contributed by atoms with Crippen LogP contribution in [-0.4, -0.2) is 53.3 Å². The largest absolute Gasteiger partial charge is 0.444 e. The Kier molecular flexibility index (Phi) is 7.01. The van der Waals surface area contributed by atoms with Crippen molar-refractivity contribution in [2.45, 2.75) is 64.8 Å². The molecule has 3 atom stereocenters. The predicted molar refractivity (Wildman–Crippen MR) is 121 cm³/mol. The second-order valence-electron chi connectivity index (χ2n) is 8.86. The highest BCUT2D eigenvalue weighted by Crippen LogP contribution is 2.29. The molecule has 2 heterocycles. The van der Waals surface area contributed by atoms with Crippen LogP contribution < -0.4 is 5.32 Å². The maximum absolute atomic E-state index is 13.0. The molecule has 0 saturated carbocycles. The molecular weight excluding hydrogens is 414 g/mol. The number of benzene rings is 1. The van der Waals surface area contributed by atoms with Gasteiger partial charge in [-0.2, -0.15) is 0 Å². The molecule has 1 fully saturated rings. The van der Waals surface area contributed by atoms with Crippen LogP contribution in [0.2, 0.25) is 0 Å². The van der Waals surface area contributed by atoms with Gasteiger partial charge in [0.05, 0.1) is 34.8 Å². The van der Waals surface area contributed by atoms with Crippen molar-refractivity contribution >= 4 is 23.3 Å². The Morgan fingerprint density at radius 1 is 1.26 bits per heavy atom. The zero-order chi connectivity index (χ0) is 22.8. The molecule has 1 aromatic carbocycles. The fourth-order valence-electron chi connectivity index (χ4n) is 3.63. The van der Waals surface area contributed by atoms with E-state index in [1.165, 1.54) is 4.90 Å². The average molecular weight is 446 g/mol. The number of nitrogens with zero attached hydrogens (tertiary/aromatic N) is 2. The number of methoxy groups -OCH3 is 1. The molecule has 1 aliphatic rings. The number of nitrogens with one attached hydrogen (secondary N) is 1. The van der Waals surface area contributed by atoms with E-state index in [-0.39, 0.29) is 18.1 Å². The van der Waals surface area contributed by atoms with E-state index >= 15 is 0 Å². The van der Waals surface area contributed by atoms with E-state index in [1.807, 2.05) is 64.4 Å². The number of hydrogen-bond donors (Lipinski definition) is 1. The summed E-state index contributed by atoms with van der Waals surface area (Å²) in [5.74, 6) is -0.208. The van der Waals surface area contributed by atoms with Gasteiger partial charge in [0.15, 0.2) is 0 Å². The molecule has 31 heavy (non-hydrogen) atoms. The molecule has 7 nitrogen and oxygen atoms in total. The van der Waals surface area contributed by atoms with Crippen molar-refractivity contribution in [2.24, 2.45) is 0 Å². The van der Waals surface area contributed by atoms with Crippen LogP contribution in [0.4, 0.5) is 4.79 Å². The lowest BCUT2D eigenvalue weighted by Crippen LogP contribution is -2.48. The number of likely N-dealkylation sites (tertiary alicyclic amines) is 1. The van der Waals surface area contributed by atoms with Crippen LogP contribution >= 0.6 is 11.3 Å². The zero-order valence-electron chi connectivity index (χ0n) is 19.0. The Morgan fingerprint density at radius 2 is 1.94 bits per heavy atom. The van der Waals surface area contributed by atoms with Gasteiger partial charge < -0.3 is 14.8 Å². The zero-order valence-corrected chi connectivity index (χ0v) is 19.8. The van der Waals surface area contributed by atoms with E-state index in [4.69, 9.17) is 9.47 Å². The molecule has 8 heteroatoms. The lowest BCUT2D eigenvalue weighted by atomic mass is 10.0. The third-order valence-corrected chi connectivity index (χ3v) is 6.28. The number of aromatic nitrogens is 1. The van der Waals surface area contributed by atoms with Crippen LogP contribution in [0.3, 0.4) is 0 Å². The Balaban J connectivity index is 1.68. The Hall–Kier alpha value is -2.45. The van der Waals surface area contributed by atoms with E-state index in [1.54, 1.807) is 18.4 Å². The maximum Gasteiger partial charge on any atom is 0.411 e. The molecule has 168 valence electrons. The van der Waals surface area contributed by atoms with Crippen molar-refractivity contribution in [3.63, 3.8) is 0 Å². The molecule has 2 aromatic rings. The molecule has 0 aliphatic carbocycles. The van der Waals surface area contributed by atoms with Gasteiger partial charge in [-0.3, -0.25) is 9.69 Å². The lowest BCUT2D eigenvalue weighted by Gasteiger charge is -2.28. The number of carbonyl (C=O) groups is 2. The summed E-state index contributed by atoms with van der Waals surface area (Å²) in [6, 6.07) is 7.28. The second kappa shape index (κ2) is 9.36. The van der Waals surface area contributed by atoms with Crippen molar-refractivity contribution in [2.75, 3.05) is 13.7 Å². The van der Waals surface area contributed by atoms with Gasteiger partial charge in [-0.05, 0) is 45.7 Å². The van der Waals surface area contributed by atoms with Crippen molar-refractivity contribution in [3.05, 3.63) is 41.0 Å². The summed E-state index contributed by atoms with van der Waals surface area (Å²) < 4.78 is 10.9. The Bertz CT molecular complexity index is 920. The summed E-state index contributed by atoms with van der Waals surface area (Å²) in [7, 11) is 1.59. The predicted octanol–water partition coefficient (Wildman–Crippen LogP) is 4.32. The molecule has 1 saturated heterocycles. The Morgan fingerprint density at radius 3 is 2.48 bits per heavy atom. The van der Waals surface area contributed by atoms with Gasteiger partial charge in [0.2, 0.25) is 5.91 Å². The van der Waals surface area contributed by atoms with Crippen LogP contribution in [0.5, 0.6) is 0 Å². The molecule has 1 aromatic heterocycles. The van der Waals surface area contributed by atoms with Gasteiger partial charge in [-0.15, -0.1) is 11.3 Å². The minimum atomic E-state index is -0.630. The molecule has 0 radical (unpaired) electrons. The third kappa shape index (κ3) is 5.62. The number of hydrogen-bond acceptors (Lipinski definition) is 6. The van der Waals surface area contributed by atoms with E-state index < -0.39 is 17.7 Å². The number of thiazole rings is 1. The first-order valence-corrected chi connectivity index (χ1v) is 11.3. The monoisotopic (exact) mass is 445 g/mol.